The molecule has 1 aliphatic heterocycles. The number of ketones is 1. The van der Waals surface area contributed by atoms with Crippen molar-refractivity contribution < 1.29 is 24.2 Å². The topological polar surface area (TPSA) is 106 Å². The van der Waals surface area contributed by atoms with Crippen LogP contribution in [0.25, 0.3) is 21.6 Å². The first-order valence-corrected chi connectivity index (χ1v) is 13.0. The number of halogens is 1. The van der Waals surface area contributed by atoms with Gasteiger partial charge in [-0.2, -0.15) is 0 Å². The number of carbonyl (C=O) groups excluding carboxylic acids is 2. The Bertz CT molecular complexity index is 1840. The molecule has 5 aromatic rings. The molecule has 1 N–H and O–H groups in total. The van der Waals surface area contributed by atoms with Crippen molar-refractivity contribution in [3.05, 3.63) is 88.3 Å². The van der Waals surface area contributed by atoms with Crippen LogP contribution in [0.2, 0.25) is 5.02 Å². The van der Waals surface area contributed by atoms with Crippen LogP contribution in [0.1, 0.15) is 23.0 Å². The highest BCUT2D eigenvalue weighted by atomic mass is 35.5. The van der Waals surface area contributed by atoms with Crippen molar-refractivity contribution in [3.63, 3.8) is 0 Å². The van der Waals surface area contributed by atoms with E-state index in [0.717, 1.165) is 4.70 Å². The predicted molar refractivity (Wildman–Crippen MR) is 149 cm³/mol. The first-order valence-electron chi connectivity index (χ1n) is 11.9. The zero-order valence-electron chi connectivity index (χ0n) is 21.0. The second-order valence-electron chi connectivity index (χ2n) is 8.87. The number of rotatable bonds is 5. The smallest absolute Gasteiger partial charge is 0.301 e. The molecule has 6 rings (SSSR count). The number of aromatic nitrogens is 3. The van der Waals surface area contributed by atoms with Gasteiger partial charge in [0.1, 0.15) is 11.3 Å². The summed E-state index contributed by atoms with van der Waals surface area (Å²) in [6, 6.07) is 14.7. The molecule has 2 aromatic carbocycles. The minimum Gasteiger partial charge on any atom is -0.505 e. The van der Waals surface area contributed by atoms with Crippen molar-refractivity contribution in [1.29, 1.82) is 0 Å². The van der Waals surface area contributed by atoms with Crippen LogP contribution in [0.5, 0.6) is 11.5 Å². The van der Waals surface area contributed by atoms with Crippen molar-refractivity contribution in [2.24, 2.45) is 0 Å². The van der Waals surface area contributed by atoms with E-state index in [0.29, 0.717) is 49.8 Å². The molecule has 0 bridgehead atoms. The highest BCUT2D eigenvalue weighted by Crippen LogP contribution is 2.46. The number of hydrogen-bond acceptors (Lipinski definition) is 8. The van der Waals surface area contributed by atoms with E-state index in [2.05, 4.69) is 9.97 Å². The van der Waals surface area contributed by atoms with Crippen LogP contribution in [0.15, 0.2) is 66.4 Å². The summed E-state index contributed by atoms with van der Waals surface area (Å²) < 4.78 is 13.3. The summed E-state index contributed by atoms with van der Waals surface area (Å²) in [6.45, 7) is 1.74. The van der Waals surface area contributed by atoms with E-state index in [4.69, 9.17) is 21.1 Å². The summed E-state index contributed by atoms with van der Waals surface area (Å²) in [7, 11) is 3.01. The maximum atomic E-state index is 13.7. The lowest BCUT2D eigenvalue weighted by atomic mass is 9.96. The Morgan fingerprint density at radius 1 is 1.03 bits per heavy atom. The summed E-state index contributed by atoms with van der Waals surface area (Å²) in [5.74, 6) is -1.10. The molecule has 0 radical (unpaired) electrons. The van der Waals surface area contributed by atoms with Crippen LogP contribution in [-0.2, 0) is 9.59 Å². The van der Waals surface area contributed by atoms with E-state index in [-0.39, 0.29) is 11.3 Å². The van der Waals surface area contributed by atoms with Crippen LogP contribution >= 0.6 is 22.9 Å². The summed E-state index contributed by atoms with van der Waals surface area (Å²) in [4.78, 5) is 37.8. The summed E-state index contributed by atoms with van der Waals surface area (Å²) in [5, 5.41) is 12.5. The summed E-state index contributed by atoms with van der Waals surface area (Å²) >= 11 is 7.41. The second-order valence-corrected chi connectivity index (χ2v) is 10.3. The van der Waals surface area contributed by atoms with E-state index in [1.54, 1.807) is 66.1 Å². The third-order valence-electron chi connectivity index (χ3n) is 6.64. The van der Waals surface area contributed by atoms with Gasteiger partial charge in [-0.1, -0.05) is 35.1 Å². The molecule has 1 atom stereocenters. The molecule has 1 aliphatic rings. The van der Waals surface area contributed by atoms with E-state index in [1.807, 2.05) is 6.07 Å². The number of anilines is 1. The second kappa shape index (κ2) is 9.40. The fraction of sp³-hybridized carbons (Fsp3) is 0.143. The molecule has 3 aromatic heterocycles. The van der Waals surface area contributed by atoms with Gasteiger partial charge in [-0.05, 0) is 55.0 Å². The summed E-state index contributed by atoms with van der Waals surface area (Å²) in [6.07, 6.45) is 1.74. The van der Waals surface area contributed by atoms with E-state index in [9.17, 15) is 14.7 Å². The van der Waals surface area contributed by atoms with Gasteiger partial charge in [-0.15, -0.1) is 0 Å². The number of Topliss-reactive ketones (excluding diaryl/α,β-unsaturated/α-hetero) is 1. The number of amides is 1. The van der Waals surface area contributed by atoms with Crippen LogP contribution < -0.4 is 14.4 Å². The number of nitrogens with zero attached hydrogens (tertiary/aromatic N) is 4. The fourth-order valence-corrected chi connectivity index (χ4v) is 6.15. The number of fused-ring (bicyclic) bond motifs is 2. The van der Waals surface area contributed by atoms with Crippen molar-refractivity contribution >= 4 is 61.4 Å². The molecule has 39 heavy (non-hydrogen) atoms. The number of thiazole rings is 1. The number of aliphatic hydroxyl groups excluding tert-OH is 1. The number of pyridine rings is 1. The average molecular weight is 561 g/mol. The Kier molecular flexibility index (Phi) is 6.00. The minimum absolute atomic E-state index is 0.0849. The Balaban J connectivity index is 1.62. The molecular formula is C28H21ClN4O5S. The highest BCUT2D eigenvalue weighted by molar-refractivity contribution is 7.22. The molecular weight excluding hydrogens is 540 g/mol. The van der Waals surface area contributed by atoms with E-state index >= 15 is 0 Å². The van der Waals surface area contributed by atoms with Crippen LogP contribution in [0, 0.1) is 6.92 Å². The SMILES string of the molecule is COc1ccc(C2/C(=C(\O)c3c(C)nc4ccccn34)C(=O)C(=O)N2c2nc3ccc(Cl)cc3s2)cc1OC. The molecule has 0 aliphatic carbocycles. The van der Waals surface area contributed by atoms with Crippen molar-refractivity contribution in [3.8, 4) is 11.5 Å². The number of carbonyl (C=O) groups is 2. The first-order chi connectivity index (χ1) is 18.8. The first kappa shape index (κ1) is 24.9. The Hall–Kier alpha value is -4.41. The summed E-state index contributed by atoms with van der Waals surface area (Å²) in [5.41, 5.74) is 2.49. The fourth-order valence-electron chi connectivity index (χ4n) is 4.88. The number of imidazole rings is 1. The third-order valence-corrected chi connectivity index (χ3v) is 7.89. The van der Waals surface area contributed by atoms with Gasteiger partial charge < -0.3 is 14.6 Å². The van der Waals surface area contributed by atoms with Crippen LogP contribution in [-0.4, -0.2) is 45.4 Å². The Labute approximate surface area is 231 Å². The van der Waals surface area contributed by atoms with Gasteiger partial charge in [0, 0.05) is 11.2 Å². The predicted octanol–water partition coefficient (Wildman–Crippen LogP) is 5.55. The average Bonchev–Trinajstić information content (AvgIpc) is 3.58. The Morgan fingerprint density at radius 2 is 1.82 bits per heavy atom. The number of ether oxygens (including phenoxy) is 2. The van der Waals surface area contributed by atoms with Crippen molar-refractivity contribution in [2.75, 3.05) is 19.1 Å². The normalized spacial score (nSPS) is 16.9. The van der Waals surface area contributed by atoms with Crippen LogP contribution in [0.3, 0.4) is 0 Å². The van der Waals surface area contributed by atoms with Gasteiger partial charge >= 0.3 is 5.91 Å². The lowest BCUT2D eigenvalue weighted by Gasteiger charge is -2.23. The van der Waals surface area contributed by atoms with Gasteiger partial charge in [0.2, 0.25) is 0 Å². The Morgan fingerprint density at radius 3 is 2.59 bits per heavy atom. The molecule has 0 spiro atoms. The zero-order chi connectivity index (χ0) is 27.4. The lowest BCUT2D eigenvalue weighted by Crippen LogP contribution is -2.29. The maximum absolute atomic E-state index is 13.7. The highest BCUT2D eigenvalue weighted by Gasteiger charge is 2.49. The standard InChI is InChI=1S/C28H21ClN4O5S/c1-14-23(32-11-5-4-6-21(32)30-14)25(34)22-24(15-7-10-18(37-2)19(12-15)38-3)33(27(36)26(22)35)28-31-17-9-8-16(29)13-20(17)39-28/h4-13,24,34H,1-3H3/b25-22+. The number of methoxy groups -OCH3 is 2. The maximum Gasteiger partial charge on any atom is 0.301 e. The van der Waals surface area contributed by atoms with E-state index in [1.165, 1.54) is 30.5 Å². The van der Waals surface area contributed by atoms with Gasteiger partial charge in [-0.3, -0.25) is 18.9 Å². The number of hydrogen-bond donors (Lipinski definition) is 1. The van der Waals surface area contributed by atoms with Crippen molar-refractivity contribution in [1.82, 2.24) is 14.4 Å². The number of aryl methyl sites for hydroxylation is 1. The molecule has 1 saturated heterocycles. The number of benzene rings is 2. The quantitative estimate of drug-likeness (QED) is 0.171. The van der Waals surface area contributed by atoms with Gasteiger partial charge in [0.05, 0.1) is 41.7 Å². The largest absolute Gasteiger partial charge is 0.505 e. The van der Waals surface area contributed by atoms with Gasteiger partial charge in [0.25, 0.3) is 5.78 Å². The molecule has 9 nitrogen and oxygen atoms in total. The van der Waals surface area contributed by atoms with Crippen molar-refractivity contribution in [2.45, 2.75) is 13.0 Å². The van der Waals surface area contributed by atoms with E-state index < -0.39 is 17.7 Å². The monoisotopic (exact) mass is 560 g/mol. The molecule has 4 heterocycles. The van der Waals surface area contributed by atoms with Gasteiger partial charge in [0.15, 0.2) is 22.4 Å². The number of aliphatic hydroxyl groups is 1. The zero-order valence-corrected chi connectivity index (χ0v) is 22.6. The molecule has 1 fully saturated rings. The molecule has 1 unspecified atom stereocenters. The molecule has 0 saturated carbocycles. The molecule has 196 valence electrons. The molecule has 11 heteroatoms. The lowest BCUT2D eigenvalue weighted by molar-refractivity contribution is -0.132. The molecule has 1 amide bonds. The minimum atomic E-state index is -1.01. The third kappa shape index (κ3) is 3.91. The van der Waals surface area contributed by atoms with Gasteiger partial charge in [-0.25, -0.2) is 9.97 Å². The van der Waals surface area contributed by atoms with Crippen LogP contribution in [0.4, 0.5) is 5.13 Å².